The molecule has 0 spiro atoms. The summed E-state index contributed by atoms with van der Waals surface area (Å²) in [6.45, 7) is 16.5. The minimum Gasteiger partial charge on any atom is -0.378 e. The molecule has 0 amide bonds. The summed E-state index contributed by atoms with van der Waals surface area (Å²) in [4.78, 5) is 2.42. The second kappa shape index (κ2) is 10.4. The first-order valence-corrected chi connectivity index (χ1v) is 6.42. The largest absolute Gasteiger partial charge is 0.378 e. The average Bonchev–Trinajstić information content (AvgIpc) is 2.27. The summed E-state index contributed by atoms with van der Waals surface area (Å²) in [7, 11) is 2.19. The summed E-state index contributed by atoms with van der Waals surface area (Å²) in [5, 5.41) is 0. The van der Waals surface area contributed by atoms with E-state index in [9.17, 15) is 0 Å². The van der Waals surface area contributed by atoms with Gasteiger partial charge in [-0.15, -0.1) is 0 Å². The lowest BCUT2D eigenvalue weighted by Gasteiger charge is -2.39. The fraction of sp³-hybridized carbons (Fsp3) is 1.00. The Morgan fingerprint density at radius 1 is 1.07 bits per heavy atom. The fourth-order valence-electron chi connectivity index (χ4n) is 1.58. The number of ether oxygens (including phenoxy) is 1. The Balaban J connectivity index is 0. The first-order chi connectivity index (χ1) is 7.13. The van der Waals surface area contributed by atoms with Gasteiger partial charge in [0.2, 0.25) is 0 Å². The fourth-order valence-corrected chi connectivity index (χ4v) is 1.58. The maximum Gasteiger partial charge on any atom is 0.0625 e. The van der Waals surface area contributed by atoms with Crippen LogP contribution in [0.25, 0.3) is 0 Å². The van der Waals surface area contributed by atoms with Crippen LogP contribution in [0.1, 0.15) is 48.5 Å². The summed E-state index contributed by atoms with van der Waals surface area (Å²) in [6, 6.07) is 1.19. The van der Waals surface area contributed by atoms with E-state index in [1.807, 2.05) is 27.7 Å². The summed E-state index contributed by atoms with van der Waals surface area (Å²) < 4.78 is 5.48. The maximum atomic E-state index is 5.48. The third-order valence-corrected chi connectivity index (χ3v) is 2.64. The topological polar surface area (TPSA) is 12.5 Å². The van der Waals surface area contributed by atoms with Crippen LogP contribution in [0, 0.1) is 5.92 Å². The number of nitrogens with zero attached hydrogens (tertiary/aromatic N) is 1. The van der Waals surface area contributed by atoms with Crippen molar-refractivity contribution in [3.05, 3.63) is 0 Å². The molecule has 0 aromatic carbocycles. The van der Waals surface area contributed by atoms with Crippen LogP contribution in [-0.2, 0) is 4.74 Å². The number of hydrogen-bond donors (Lipinski definition) is 0. The Hall–Kier alpha value is -0.0800. The third-order valence-electron chi connectivity index (χ3n) is 2.64. The van der Waals surface area contributed by atoms with Crippen molar-refractivity contribution < 1.29 is 4.74 Å². The zero-order valence-corrected chi connectivity index (χ0v) is 12.0. The number of hydrogen-bond acceptors (Lipinski definition) is 2. The van der Waals surface area contributed by atoms with Crippen molar-refractivity contribution in [1.29, 1.82) is 0 Å². The van der Waals surface area contributed by atoms with Gasteiger partial charge in [-0.05, 0) is 19.9 Å². The number of rotatable bonds is 1. The minimum absolute atomic E-state index is 0.580. The first-order valence-electron chi connectivity index (χ1n) is 6.42. The van der Waals surface area contributed by atoms with E-state index in [4.69, 9.17) is 4.74 Å². The van der Waals surface area contributed by atoms with Crippen LogP contribution in [0.2, 0.25) is 0 Å². The monoisotopic (exact) mass is 217 g/mol. The highest BCUT2D eigenvalue weighted by Crippen LogP contribution is 2.16. The first kappa shape index (κ1) is 17.3. The van der Waals surface area contributed by atoms with Gasteiger partial charge in [-0.3, -0.25) is 4.90 Å². The molecule has 1 aliphatic rings. The van der Waals surface area contributed by atoms with E-state index in [0.29, 0.717) is 18.0 Å². The molecule has 0 radical (unpaired) electrons. The molecule has 2 heteroatoms. The second-order valence-corrected chi connectivity index (χ2v) is 3.86. The van der Waals surface area contributed by atoms with Crippen LogP contribution in [-0.4, -0.2) is 37.2 Å². The van der Waals surface area contributed by atoms with Crippen LogP contribution in [0.15, 0.2) is 0 Å². The van der Waals surface area contributed by atoms with Gasteiger partial charge in [0.05, 0.1) is 13.2 Å². The van der Waals surface area contributed by atoms with Crippen molar-refractivity contribution in [3.8, 4) is 0 Å². The lowest BCUT2D eigenvalue weighted by molar-refractivity contribution is -0.0446. The molecule has 1 rings (SSSR count). The van der Waals surface area contributed by atoms with E-state index in [-0.39, 0.29) is 0 Å². The van der Waals surface area contributed by atoms with E-state index in [0.717, 1.165) is 13.2 Å². The highest BCUT2D eigenvalue weighted by Gasteiger charge is 2.26. The molecule has 2 atom stereocenters. The van der Waals surface area contributed by atoms with Crippen LogP contribution >= 0.6 is 0 Å². The molecular formula is C13H31NO. The molecule has 94 valence electrons. The average molecular weight is 217 g/mol. The van der Waals surface area contributed by atoms with Gasteiger partial charge in [-0.2, -0.15) is 0 Å². The van der Waals surface area contributed by atoms with Gasteiger partial charge in [0, 0.05) is 12.1 Å². The lowest BCUT2D eigenvalue weighted by Crippen LogP contribution is -2.50. The van der Waals surface area contributed by atoms with E-state index in [2.05, 4.69) is 32.7 Å². The Morgan fingerprint density at radius 3 is 1.87 bits per heavy atom. The molecule has 1 heterocycles. The molecule has 0 saturated carbocycles. The second-order valence-electron chi connectivity index (χ2n) is 3.86. The molecule has 15 heavy (non-hydrogen) atoms. The summed E-state index contributed by atoms with van der Waals surface area (Å²) in [5.41, 5.74) is 0. The van der Waals surface area contributed by atoms with Crippen LogP contribution in [0.3, 0.4) is 0 Å². The molecule has 0 bridgehead atoms. The lowest BCUT2D eigenvalue weighted by atomic mass is 10.0. The SMILES string of the molecule is CC.CC.CC(C)C1COCC(C)N1C. The minimum atomic E-state index is 0.580. The van der Waals surface area contributed by atoms with Gasteiger partial charge < -0.3 is 4.74 Å². The van der Waals surface area contributed by atoms with Crippen LogP contribution in [0.5, 0.6) is 0 Å². The van der Waals surface area contributed by atoms with Crippen molar-refractivity contribution in [1.82, 2.24) is 4.90 Å². The Labute approximate surface area is 97.0 Å². The molecule has 0 N–H and O–H groups in total. The van der Waals surface area contributed by atoms with Crippen molar-refractivity contribution in [2.24, 2.45) is 5.92 Å². The number of likely N-dealkylation sites (N-methyl/N-ethyl adjacent to an activating group) is 1. The molecule has 0 aliphatic carbocycles. The molecule has 1 fully saturated rings. The van der Waals surface area contributed by atoms with Crippen molar-refractivity contribution in [2.45, 2.75) is 60.5 Å². The van der Waals surface area contributed by atoms with Crippen molar-refractivity contribution in [3.63, 3.8) is 0 Å². The van der Waals surface area contributed by atoms with Gasteiger partial charge in [0.1, 0.15) is 0 Å². The number of morpholine rings is 1. The third kappa shape index (κ3) is 6.16. The van der Waals surface area contributed by atoms with E-state index < -0.39 is 0 Å². The molecule has 1 aliphatic heterocycles. The Bertz CT molecular complexity index is 126. The van der Waals surface area contributed by atoms with Gasteiger partial charge in [0.25, 0.3) is 0 Å². The predicted molar refractivity (Wildman–Crippen MR) is 69.4 cm³/mol. The Kier molecular flexibility index (Phi) is 12.1. The van der Waals surface area contributed by atoms with Crippen LogP contribution < -0.4 is 0 Å². The zero-order valence-electron chi connectivity index (χ0n) is 12.0. The molecular weight excluding hydrogens is 186 g/mol. The van der Waals surface area contributed by atoms with Crippen LogP contribution in [0.4, 0.5) is 0 Å². The normalized spacial score (nSPS) is 26.2. The summed E-state index contributed by atoms with van der Waals surface area (Å²) in [6.07, 6.45) is 0. The van der Waals surface area contributed by atoms with E-state index >= 15 is 0 Å². The van der Waals surface area contributed by atoms with E-state index in [1.54, 1.807) is 0 Å². The Morgan fingerprint density at radius 2 is 1.53 bits per heavy atom. The molecule has 2 unspecified atom stereocenters. The van der Waals surface area contributed by atoms with Gasteiger partial charge >= 0.3 is 0 Å². The van der Waals surface area contributed by atoms with Gasteiger partial charge in [-0.1, -0.05) is 41.5 Å². The van der Waals surface area contributed by atoms with Gasteiger partial charge in [0.15, 0.2) is 0 Å². The standard InChI is InChI=1S/C9H19NO.2C2H6/c1-7(2)9-6-11-5-8(3)10(9)4;2*1-2/h7-9H,5-6H2,1-4H3;2*1-2H3. The summed E-state index contributed by atoms with van der Waals surface area (Å²) >= 11 is 0. The maximum absolute atomic E-state index is 5.48. The highest BCUT2D eigenvalue weighted by atomic mass is 16.5. The van der Waals surface area contributed by atoms with E-state index in [1.165, 1.54) is 0 Å². The van der Waals surface area contributed by atoms with Crippen molar-refractivity contribution >= 4 is 0 Å². The van der Waals surface area contributed by atoms with Gasteiger partial charge in [-0.25, -0.2) is 0 Å². The molecule has 1 saturated heterocycles. The smallest absolute Gasteiger partial charge is 0.0625 e. The molecule has 0 aromatic heterocycles. The molecule has 2 nitrogen and oxygen atoms in total. The molecule has 0 aromatic rings. The summed E-state index contributed by atoms with van der Waals surface area (Å²) in [5.74, 6) is 0.697. The quantitative estimate of drug-likeness (QED) is 0.667. The zero-order chi connectivity index (χ0) is 12.4. The van der Waals surface area contributed by atoms with Crippen molar-refractivity contribution in [2.75, 3.05) is 20.3 Å². The predicted octanol–water partition coefficient (Wildman–Crippen LogP) is 3.41. The highest BCUT2D eigenvalue weighted by molar-refractivity contribution is 4.79.